The topological polar surface area (TPSA) is 55.9 Å². The Morgan fingerprint density at radius 3 is 2.23 bits per heavy atom. The van der Waals surface area contributed by atoms with Crippen molar-refractivity contribution in [2.45, 2.75) is 69.5 Å². The zero-order valence-corrected chi connectivity index (χ0v) is 21.0. The van der Waals surface area contributed by atoms with Gasteiger partial charge in [-0.15, -0.1) is 0 Å². The second-order valence-corrected chi connectivity index (χ2v) is 12.2. The van der Waals surface area contributed by atoms with E-state index in [9.17, 15) is 14.0 Å². The van der Waals surface area contributed by atoms with E-state index in [4.69, 9.17) is 0 Å². The number of piperidine rings is 1. The highest BCUT2D eigenvalue weighted by Gasteiger charge is 2.70. The summed E-state index contributed by atoms with van der Waals surface area (Å²) in [4.78, 5) is 32.9. The molecule has 1 atom stereocenters. The minimum atomic E-state index is -0.978. The number of amides is 2. The minimum Gasteiger partial charge on any atom is -0.369 e. The summed E-state index contributed by atoms with van der Waals surface area (Å²) in [5.74, 6) is 0.310. The lowest BCUT2D eigenvalue weighted by Gasteiger charge is -2.65. The van der Waals surface area contributed by atoms with Crippen molar-refractivity contribution in [1.82, 2.24) is 15.1 Å². The molecule has 0 radical (unpaired) electrons. The van der Waals surface area contributed by atoms with E-state index >= 15 is 0 Å². The van der Waals surface area contributed by atoms with Crippen molar-refractivity contribution in [1.29, 1.82) is 0 Å². The third-order valence-electron chi connectivity index (χ3n) is 9.84. The molecule has 2 aliphatic heterocycles. The lowest BCUT2D eigenvalue weighted by atomic mass is 9.47. The molecule has 1 spiro atoms. The quantitative estimate of drug-likeness (QED) is 0.697. The lowest BCUT2D eigenvalue weighted by molar-refractivity contribution is -0.176. The number of hydrogen-bond acceptors (Lipinski definition) is 4. The van der Waals surface area contributed by atoms with Crippen LogP contribution in [-0.2, 0) is 4.79 Å². The molecule has 2 saturated heterocycles. The summed E-state index contributed by atoms with van der Waals surface area (Å²) in [5.41, 5.74) is 0.949. The fraction of sp³-hybridized carbons (Fsp3) is 0.714. The predicted octanol–water partition coefficient (Wildman–Crippen LogP) is 3.61. The van der Waals surface area contributed by atoms with Gasteiger partial charge in [0.05, 0.1) is 0 Å². The van der Waals surface area contributed by atoms with E-state index in [-0.39, 0.29) is 28.7 Å². The highest BCUT2D eigenvalue weighted by molar-refractivity contribution is 5.94. The Labute approximate surface area is 208 Å². The molecule has 1 unspecified atom stereocenters. The molecule has 2 heterocycles. The molecule has 35 heavy (non-hydrogen) atoms. The molecule has 0 aromatic heterocycles. The van der Waals surface area contributed by atoms with E-state index in [0.717, 1.165) is 83.5 Å². The highest BCUT2D eigenvalue weighted by Crippen LogP contribution is 2.63. The fourth-order valence-corrected chi connectivity index (χ4v) is 7.55. The summed E-state index contributed by atoms with van der Waals surface area (Å²) in [5, 5.41) is 3.18. The molecule has 7 rings (SSSR count). The molecular weight excluding hydrogens is 443 g/mol. The zero-order valence-electron chi connectivity index (χ0n) is 21.0. The molecular formula is C28H39FN4O2. The van der Waals surface area contributed by atoms with Crippen LogP contribution in [0.15, 0.2) is 24.3 Å². The van der Waals surface area contributed by atoms with Crippen molar-refractivity contribution in [3.63, 3.8) is 0 Å². The standard InChI is InChI=1S/C28H39FN4O2/c1-2-31-13-15-32(16-14-31)23-5-3-21(4-6-23)25(35)33-11-9-26(10-12-33)8-7-22(17-26)24(34)30-28-18-27(29,19-28)20-28/h3-6,22H,2,7-20H2,1H3,(H,30,34). The normalized spacial score (nSPS) is 33.8. The van der Waals surface area contributed by atoms with Crippen LogP contribution in [0.1, 0.15) is 68.6 Å². The van der Waals surface area contributed by atoms with E-state index in [1.165, 1.54) is 5.69 Å². The summed E-state index contributed by atoms with van der Waals surface area (Å²) in [7, 11) is 0. The SMILES string of the molecule is CCN1CCN(c2ccc(C(=O)N3CCC4(CCC(C(=O)NC56CC(F)(C5)C6)C4)CC3)cc2)CC1. The Kier molecular flexibility index (Phi) is 5.62. The van der Waals surface area contributed by atoms with E-state index in [1.54, 1.807) is 0 Å². The lowest BCUT2D eigenvalue weighted by Crippen LogP contribution is -2.77. The monoisotopic (exact) mass is 482 g/mol. The Morgan fingerprint density at radius 2 is 1.63 bits per heavy atom. The van der Waals surface area contributed by atoms with Crippen molar-refractivity contribution in [3.8, 4) is 0 Å². The molecule has 4 saturated carbocycles. The maximum atomic E-state index is 13.8. The summed E-state index contributed by atoms with van der Waals surface area (Å²) in [6.07, 6.45) is 6.38. The van der Waals surface area contributed by atoms with Gasteiger partial charge >= 0.3 is 0 Å². The molecule has 2 amide bonds. The van der Waals surface area contributed by atoms with Crippen molar-refractivity contribution in [2.24, 2.45) is 11.3 Å². The molecule has 7 heteroatoms. The number of likely N-dealkylation sites (N-methyl/N-ethyl adjacent to an activating group) is 1. The van der Waals surface area contributed by atoms with Gasteiger partial charge in [0.25, 0.3) is 5.91 Å². The first-order valence-corrected chi connectivity index (χ1v) is 13.7. The van der Waals surface area contributed by atoms with Crippen LogP contribution in [0.4, 0.5) is 10.1 Å². The summed E-state index contributed by atoms with van der Waals surface area (Å²) in [6.45, 7) is 9.10. The van der Waals surface area contributed by atoms with E-state index in [1.807, 2.05) is 17.0 Å². The Hall–Kier alpha value is -2.15. The van der Waals surface area contributed by atoms with Gasteiger partial charge in [0.1, 0.15) is 5.67 Å². The van der Waals surface area contributed by atoms with Gasteiger partial charge in [-0.05, 0) is 68.3 Å². The maximum Gasteiger partial charge on any atom is 0.253 e. The van der Waals surface area contributed by atoms with E-state index < -0.39 is 5.67 Å². The van der Waals surface area contributed by atoms with Gasteiger partial charge in [0.15, 0.2) is 0 Å². The smallest absolute Gasteiger partial charge is 0.253 e. The number of benzene rings is 1. The molecule has 6 aliphatic rings. The number of halogens is 1. The van der Waals surface area contributed by atoms with Gasteiger partial charge in [0.2, 0.25) is 5.91 Å². The third-order valence-corrected chi connectivity index (χ3v) is 9.84. The molecule has 1 N–H and O–H groups in total. The van der Waals surface area contributed by atoms with Crippen LogP contribution >= 0.6 is 0 Å². The number of hydrogen-bond donors (Lipinski definition) is 1. The first-order valence-electron chi connectivity index (χ1n) is 13.7. The van der Waals surface area contributed by atoms with Crippen LogP contribution in [0, 0.1) is 11.3 Å². The largest absolute Gasteiger partial charge is 0.369 e. The molecule has 1 aromatic carbocycles. The summed E-state index contributed by atoms with van der Waals surface area (Å²) >= 11 is 0. The van der Waals surface area contributed by atoms with Crippen molar-refractivity contribution in [3.05, 3.63) is 29.8 Å². The summed E-state index contributed by atoms with van der Waals surface area (Å²) < 4.78 is 13.8. The highest BCUT2D eigenvalue weighted by atomic mass is 19.1. The molecule has 4 aliphatic carbocycles. The number of rotatable bonds is 5. The van der Waals surface area contributed by atoms with E-state index in [0.29, 0.717) is 19.3 Å². The number of alkyl halides is 1. The number of nitrogens with zero attached hydrogens (tertiary/aromatic N) is 3. The molecule has 1 aromatic rings. The maximum absolute atomic E-state index is 13.8. The van der Waals surface area contributed by atoms with Gasteiger partial charge in [-0.1, -0.05) is 6.92 Å². The van der Waals surface area contributed by atoms with Crippen molar-refractivity contribution in [2.75, 3.05) is 50.7 Å². The third kappa shape index (κ3) is 4.24. The van der Waals surface area contributed by atoms with Crippen molar-refractivity contribution < 1.29 is 14.0 Å². The van der Waals surface area contributed by atoms with Crippen LogP contribution in [0.2, 0.25) is 0 Å². The second kappa shape index (κ2) is 8.46. The van der Waals surface area contributed by atoms with Gasteiger partial charge in [-0.2, -0.15) is 0 Å². The van der Waals surface area contributed by atoms with Gasteiger partial charge in [-0.25, -0.2) is 4.39 Å². The Balaban J connectivity index is 0.992. The fourth-order valence-electron chi connectivity index (χ4n) is 7.55. The minimum absolute atomic E-state index is 0.0496. The Bertz CT molecular complexity index is 959. The first-order chi connectivity index (χ1) is 16.8. The number of anilines is 1. The number of carbonyl (C=O) groups is 2. The van der Waals surface area contributed by atoms with Gasteiger partial charge < -0.3 is 20.0 Å². The van der Waals surface area contributed by atoms with E-state index in [2.05, 4.69) is 34.2 Å². The van der Waals surface area contributed by atoms with Crippen LogP contribution < -0.4 is 10.2 Å². The molecule has 6 nitrogen and oxygen atoms in total. The zero-order chi connectivity index (χ0) is 24.3. The molecule has 6 fully saturated rings. The first kappa shape index (κ1) is 23.3. The number of carbonyl (C=O) groups excluding carboxylic acids is 2. The average Bonchev–Trinajstić information content (AvgIpc) is 3.26. The van der Waals surface area contributed by atoms with Crippen LogP contribution in [0.5, 0.6) is 0 Å². The van der Waals surface area contributed by atoms with Crippen LogP contribution in [0.25, 0.3) is 0 Å². The van der Waals surface area contributed by atoms with Crippen LogP contribution in [-0.4, -0.2) is 78.6 Å². The average molecular weight is 483 g/mol. The van der Waals surface area contributed by atoms with Gasteiger partial charge in [0, 0.05) is 81.2 Å². The number of piperazine rings is 1. The number of likely N-dealkylation sites (tertiary alicyclic amines) is 1. The summed E-state index contributed by atoms with van der Waals surface area (Å²) in [6, 6.07) is 8.15. The predicted molar refractivity (Wildman–Crippen MR) is 134 cm³/mol. The molecule has 2 bridgehead atoms. The van der Waals surface area contributed by atoms with Gasteiger partial charge in [-0.3, -0.25) is 9.59 Å². The Morgan fingerprint density at radius 1 is 0.971 bits per heavy atom. The second-order valence-electron chi connectivity index (χ2n) is 12.2. The number of nitrogens with one attached hydrogen (secondary N) is 1. The van der Waals surface area contributed by atoms with Crippen LogP contribution in [0.3, 0.4) is 0 Å². The molecule has 190 valence electrons. The van der Waals surface area contributed by atoms with Crippen molar-refractivity contribution >= 4 is 17.5 Å².